The molecule has 0 saturated carbocycles. The van der Waals surface area contributed by atoms with Gasteiger partial charge in [-0.2, -0.15) is 0 Å². The van der Waals surface area contributed by atoms with Gasteiger partial charge >= 0.3 is 19.5 Å². The van der Waals surface area contributed by atoms with Crippen LogP contribution in [0.2, 0.25) is 0 Å². The Bertz CT molecular complexity index is 684. The Morgan fingerprint density at radius 1 is 1.11 bits per heavy atom. The highest BCUT2D eigenvalue weighted by atomic mass is 31.2. The maximum absolute atomic E-state index is 12.5. The van der Waals surface area contributed by atoms with Crippen LogP contribution in [0.1, 0.15) is 37.6 Å². The molecule has 1 aromatic rings. The number of ether oxygens (including phenoxy) is 4. The number of hydrogen-bond donors (Lipinski definition) is 0. The molecule has 0 aromatic heterocycles. The molecule has 1 aliphatic heterocycles. The molecule has 2 rings (SSSR count). The zero-order chi connectivity index (χ0) is 20.6. The summed E-state index contributed by atoms with van der Waals surface area (Å²) in [7, 11) is -3.43. The Morgan fingerprint density at radius 3 is 2.32 bits per heavy atom. The second-order valence-electron chi connectivity index (χ2n) is 5.83. The molecule has 28 heavy (non-hydrogen) atoms. The fourth-order valence-corrected chi connectivity index (χ4v) is 3.89. The van der Waals surface area contributed by atoms with Crippen molar-refractivity contribution >= 4 is 19.5 Å². The van der Waals surface area contributed by atoms with Gasteiger partial charge in [0, 0.05) is 13.3 Å². The van der Waals surface area contributed by atoms with Gasteiger partial charge in [0.05, 0.1) is 18.8 Å². The quantitative estimate of drug-likeness (QED) is 0.420. The first kappa shape index (κ1) is 22.5. The molecule has 3 atom stereocenters. The van der Waals surface area contributed by atoms with Crippen LogP contribution in [0.15, 0.2) is 30.3 Å². The van der Waals surface area contributed by atoms with E-state index in [1.165, 1.54) is 6.92 Å². The molecule has 156 valence electrons. The largest absolute Gasteiger partial charge is 0.452 e. The standard InChI is InChI=1S/C18H25O9P/c1-4-23-28(21,24-5-2)12-22-16-11-15(18(27-16)25-13(3)19)26-17(20)14-9-7-6-8-10-14/h6-10,15-16,18H,4-5,11-12H2,1-3H3/t15?,16-,18?/m0/s1. The van der Waals surface area contributed by atoms with Crippen LogP contribution < -0.4 is 0 Å². The summed E-state index contributed by atoms with van der Waals surface area (Å²) >= 11 is 0. The first-order valence-electron chi connectivity index (χ1n) is 8.95. The number of benzene rings is 1. The van der Waals surface area contributed by atoms with E-state index in [1.54, 1.807) is 44.2 Å². The number of rotatable bonds is 10. The predicted octanol–water partition coefficient (Wildman–Crippen LogP) is 3.09. The van der Waals surface area contributed by atoms with Crippen LogP contribution in [0, 0.1) is 0 Å². The van der Waals surface area contributed by atoms with Gasteiger partial charge in [-0.05, 0) is 26.0 Å². The molecule has 0 spiro atoms. The van der Waals surface area contributed by atoms with Gasteiger partial charge in [-0.25, -0.2) is 4.79 Å². The predicted molar refractivity (Wildman–Crippen MR) is 97.5 cm³/mol. The van der Waals surface area contributed by atoms with Gasteiger partial charge in [-0.1, -0.05) is 18.2 Å². The van der Waals surface area contributed by atoms with Gasteiger partial charge < -0.3 is 28.0 Å². The van der Waals surface area contributed by atoms with Crippen LogP contribution in [0.3, 0.4) is 0 Å². The third kappa shape index (κ3) is 6.68. The van der Waals surface area contributed by atoms with Gasteiger partial charge in [0.2, 0.25) is 6.29 Å². The van der Waals surface area contributed by atoms with Crippen molar-refractivity contribution in [3.05, 3.63) is 35.9 Å². The summed E-state index contributed by atoms with van der Waals surface area (Å²) in [6.07, 6.45) is -3.17. The summed E-state index contributed by atoms with van der Waals surface area (Å²) in [5.74, 6) is -1.18. The molecule has 1 aliphatic rings. The van der Waals surface area contributed by atoms with Gasteiger partial charge in [-0.15, -0.1) is 0 Å². The minimum atomic E-state index is -3.43. The maximum Gasteiger partial charge on any atom is 0.356 e. The van der Waals surface area contributed by atoms with E-state index in [-0.39, 0.29) is 26.0 Å². The molecule has 0 amide bonds. The lowest BCUT2D eigenvalue weighted by Crippen LogP contribution is -2.31. The molecular formula is C18H25O9P. The van der Waals surface area contributed by atoms with E-state index in [0.717, 1.165) is 0 Å². The molecule has 2 unspecified atom stereocenters. The van der Waals surface area contributed by atoms with Crippen LogP contribution >= 0.6 is 7.60 Å². The van der Waals surface area contributed by atoms with Crippen molar-refractivity contribution in [3.63, 3.8) is 0 Å². The summed E-state index contributed by atoms with van der Waals surface area (Å²) in [4.78, 5) is 23.6. The van der Waals surface area contributed by atoms with E-state index < -0.39 is 38.2 Å². The number of esters is 2. The van der Waals surface area contributed by atoms with Gasteiger partial charge in [-0.3, -0.25) is 9.36 Å². The Kier molecular flexibility index (Phi) is 8.59. The number of carbonyl (C=O) groups is 2. The smallest absolute Gasteiger partial charge is 0.356 e. The lowest BCUT2D eigenvalue weighted by molar-refractivity contribution is -0.213. The van der Waals surface area contributed by atoms with Crippen LogP contribution in [0.25, 0.3) is 0 Å². The summed E-state index contributed by atoms with van der Waals surface area (Å²) in [6, 6.07) is 8.39. The average molecular weight is 416 g/mol. The van der Waals surface area contributed by atoms with E-state index >= 15 is 0 Å². The third-order valence-corrected chi connectivity index (χ3v) is 5.40. The van der Waals surface area contributed by atoms with E-state index in [4.69, 9.17) is 28.0 Å². The lowest BCUT2D eigenvalue weighted by atomic mass is 10.2. The first-order chi connectivity index (χ1) is 13.4. The highest BCUT2D eigenvalue weighted by Crippen LogP contribution is 2.48. The normalized spacial score (nSPS) is 22.0. The Balaban J connectivity index is 2.00. The summed E-state index contributed by atoms with van der Waals surface area (Å²) in [5, 5.41) is 0. The molecule has 1 fully saturated rings. The zero-order valence-electron chi connectivity index (χ0n) is 16.1. The van der Waals surface area contributed by atoms with Gasteiger partial charge in [0.1, 0.15) is 0 Å². The highest BCUT2D eigenvalue weighted by Gasteiger charge is 2.42. The molecule has 0 aliphatic carbocycles. The molecule has 0 radical (unpaired) electrons. The topological polar surface area (TPSA) is 107 Å². The Labute approximate surface area is 163 Å². The first-order valence-corrected chi connectivity index (χ1v) is 10.7. The fraction of sp³-hybridized carbons (Fsp3) is 0.556. The van der Waals surface area contributed by atoms with Crippen molar-refractivity contribution in [1.29, 1.82) is 0 Å². The van der Waals surface area contributed by atoms with E-state index in [1.807, 2.05) is 0 Å². The van der Waals surface area contributed by atoms with Gasteiger partial charge in [0.15, 0.2) is 18.7 Å². The molecule has 9 nitrogen and oxygen atoms in total. The third-order valence-electron chi connectivity index (χ3n) is 3.63. The summed E-state index contributed by atoms with van der Waals surface area (Å²) in [5.41, 5.74) is 0.352. The lowest BCUT2D eigenvalue weighted by Gasteiger charge is -2.19. The monoisotopic (exact) mass is 416 g/mol. The van der Waals surface area contributed by atoms with Crippen molar-refractivity contribution in [2.45, 2.75) is 45.9 Å². The van der Waals surface area contributed by atoms with Crippen molar-refractivity contribution < 1.29 is 42.1 Å². The van der Waals surface area contributed by atoms with Crippen molar-refractivity contribution in [2.24, 2.45) is 0 Å². The second kappa shape index (κ2) is 10.7. The molecule has 0 bridgehead atoms. The summed E-state index contributed by atoms with van der Waals surface area (Å²) in [6.45, 7) is 4.98. The number of hydrogen-bond acceptors (Lipinski definition) is 9. The molecule has 10 heteroatoms. The van der Waals surface area contributed by atoms with E-state index in [2.05, 4.69) is 0 Å². The van der Waals surface area contributed by atoms with E-state index in [9.17, 15) is 14.2 Å². The van der Waals surface area contributed by atoms with Crippen LogP contribution in [-0.2, 0) is 37.4 Å². The summed E-state index contributed by atoms with van der Waals surface area (Å²) < 4.78 is 44.2. The SMILES string of the molecule is CCOP(=O)(CO[C@@H]1CC(OC(=O)c2ccccc2)C(OC(C)=O)O1)OCC. The minimum absolute atomic E-state index is 0.0920. The zero-order valence-corrected chi connectivity index (χ0v) is 17.0. The second-order valence-corrected chi connectivity index (χ2v) is 7.83. The fourth-order valence-electron chi connectivity index (χ4n) is 2.53. The number of carbonyl (C=O) groups excluding carboxylic acids is 2. The van der Waals surface area contributed by atoms with Crippen molar-refractivity contribution in [3.8, 4) is 0 Å². The van der Waals surface area contributed by atoms with Gasteiger partial charge in [0.25, 0.3) is 0 Å². The average Bonchev–Trinajstić information content (AvgIpc) is 3.02. The maximum atomic E-state index is 12.5. The van der Waals surface area contributed by atoms with Crippen molar-refractivity contribution in [2.75, 3.05) is 19.6 Å². The molecule has 1 heterocycles. The molecule has 0 N–H and O–H groups in total. The molecular weight excluding hydrogens is 391 g/mol. The Hall–Kier alpha value is -1.77. The highest BCUT2D eigenvalue weighted by molar-refractivity contribution is 7.53. The van der Waals surface area contributed by atoms with Crippen molar-refractivity contribution in [1.82, 2.24) is 0 Å². The Morgan fingerprint density at radius 2 is 1.75 bits per heavy atom. The minimum Gasteiger partial charge on any atom is -0.452 e. The molecule has 1 saturated heterocycles. The molecule has 1 aromatic carbocycles. The van der Waals surface area contributed by atoms with Crippen LogP contribution in [0.4, 0.5) is 0 Å². The van der Waals surface area contributed by atoms with Crippen LogP contribution in [-0.4, -0.2) is 50.2 Å². The van der Waals surface area contributed by atoms with E-state index in [0.29, 0.717) is 5.56 Å². The van der Waals surface area contributed by atoms with Crippen LogP contribution in [0.5, 0.6) is 0 Å².